The first-order chi connectivity index (χ1) is 5.09. The Labute approximate surface area is 79.5 Å². The Kier molecular flexibility index (Phi) is 3.25. The molecular weight excluding hydrogens is 290 g/mol. The topological polar surface area (TPSA) is 18.5 Å². The molecule has 0 saturated carbocycles. The van der Waals surface area contributed by atoms with E-state index in [0.29, 0.717) is 10.7 Å². The quantitative estimate of drug-likeness (QED) is 0.727. The largest absolute Gasteiger partial charge is 0.486 e. The maximum atomic E-state index is 12.3. The Balaban J connectivity index is 2.55. The lowest BCUT2D eigenvalue weighted by atomic mass is 10.3. The van der Waals surface area contributed by atoms with Gasteiger partial charge >= 0.3 is 6.29 Å². The molecule has 0 aromatic rings. The third kappa shape index (κ3) is 2.34. The molecule has 1 saturated heterocycles. The first-order valence-corrected chi connectivity index (χ1v) is 5.18. The second-order valence-electron chi connectivity index (χ2n) is 2.08. The van der Waals surface area contributed by atoms with E-state index in [1.807, 2.05) is 0 Å². The van der Waals surface area contributed by atoms with Gasteiger partial charge in [0.1, 0.15) is 12.2 Å². The number of alkyl halides is 4. The molecule has 0 spiro atoms. The van der Waals surface area contributed by atoms with Crippen LogP contribution in [0.1, 0.15) is 0 Å². The predicted octanol–water partition coefficient (Wildman–Crippen LogP) is 2.11. The molecular formula is C5H6Br2F2O2. The zero-order valence-corrected chi connectivity index (χ0v) is 8.57. The van der Waals surface area contributed by atoms with E-state index < -0.39 is 18.5 Å². The van der Waals surface area contributed by atoms with Gasteiger partial charge in [-0.05, 0) is 0 Å². The van der Waals surface area contributed by atoms with Gasteiger partial charge in [-0.2, -0.15) is 0 Å². The summed E-state index contributed by atoms with van der Waals surface area (Å²) < 4.78 is 33.2. The van der Waals surface area contributed by atoms with Crippen molar-refractivity contribution in [2.24, 2.45) is 0 Å². The monoisotopic (exact) mass is 294 g/mol. The van der Waals surface area contributed by atoms with Crippen LogP contribution >= 0.6 is 31.9 Å². The summed E-state index contributed by atoms with van der Waals surface area (Å²) in [7, 11) is 0. The Morgan fingerprint density at radius 2 is 1.45 bits per heavy atom. The standard InChI is InChI=1S/C5H6Br2F2O2/c6-1-3-4(2-7)11-5(8,9)10-3/h3-4H,1-2H2. The summed E-state index contributed by atoms with van der Waals surface area (Å²) in [5.41, 5.74) is 0. The van der Waals surface area contributed by atoms with E-state index in [-0.39, 0.29) is 0 Å². The Bertz CT molecular complexity index is 130. The molecule has 0 aromatic carbocycles. The lowest BCUT2D eigenvalue weighted by molar-refractivity contribution is -0.349. The zero-order chi connectivity index (χ0) is 8.48. The van der Waals surface area contributed by atoms with Gasteiger partial charge in [0, 0.05) is 10.7 Å². The van der Waals surface area contributed by atoms with Crippen LogP contribution in [-0.2, 0) is 9.47 Å². The van der Waals surface area contributed by atoms with Crippen LogP contribution in [0.2, 0.25) is 0 Å². The van der Waals surface area contributed by atoms with Crippen molar-refractivity contribution in [2.75, 3.05) is 10.7 Å². The zero-order valence-electron chi connectivity index (χ0n) is 5.40. The summed E-state index contributed by atoms with van der Waals surface area (Å²) in [5, 5.41) is 0.692. The molecule has 0 amide bonds. The van der Waals surface area contributed by atoms with Crippen LogP contribution in [0.15, 0.2) is 0 Å². The average Bonchev–Trinajstić information content (AvgIpc) is 2.25. The van der Waals surface area contributed by atoms with Crippen LogP contribution in [0.4, 0.5) is 8.78 Å². The highest BCUT2D eigenvalue weighted by molar-refractivity contribution is 9.09. The van der Waals surface area contributed by atoms with Gasteiger partial charge in [-0.25, -0.2) is 0 Å². The van der Waals surface area contributed by atoms with Crippen LogP contribution in [0.3, 0.4) is 0 Å². The highest BCUT2D eigenvalue weighted by Crippen LogP contribution is 2.32. The maximum Gasteiger partial charge on any atom is 0.486 e. The third-order valence-corrected chi connectivity index (χ3v) is 2.57. The first-order valence-electron chi connectivity index (χ1n) is 2.94. The molecule has 2 atom stereocenters. The fraction of sp³-hybridized carbons (Fsp3) is 1.00. The minimum absolute atomic E-state index is 0.346. The minimum Gasteiger partial charge on any atom is -0.289 e. The molecule has 0 aliphatic carbocycles. The molecule has 1 heterocycles. The molecule has 2 nitrogen and oxygen atoms in total. The first kappa shape index (κ1) is 9.83. The summed E-state index contributed by atoms with van der Waals surface area (Å²) in [6, 6.07) is 0. The van der Waals surface area contributed by atoms with Crippen molar-refractivity contribution in [3.63, 3.8) is 0 Å². The molecule has 1 aliphatic heterocycles. The predicted molar refractivity (Wildman–Crippen MR) is 42.3 cm³/mol. The van der Waals surface area contributed by atoms with E-state index in [0.717, 1.165) is 0 Å². The fourth-order valence-electron chi connectivity index (χ4n) is 0.794. The van der Waals surface area contributed by atoms with Crippen LogP contribution in [0.5, 0.6) is 0 Å². The summed E-state index contributed by atoms with van der Waals surface area (Å²) in [6.07, 6.45) is -4.58. The number of hydrogen-bond acceptors (Lipinski definition) is 2. The Morgan fingerprint density at radius 1 is 1.09 bits per heavy atom. The van der Waals surface area contributed by atoms with Crippen molar-refractivity contribution >= 4 is 31.9 Å². The van der Waals surface area contributed by atoms with Crippen LogP contribution in [0, 0.1) is 0 Å². The minimum atomic E-state index is -3.42. The molecule has 0 aromatic heterocycles. The second kappa shape index (κ2) is 3.64. The van der Waals surface area contributed by atoms with Gasteiger partial charge in [0.2, 0.25) is 0 Å². The molecule has 2 unspecified atom stereocenters. The van der Waals surface area contributed by atoms with Gasteiger partial charge in [-0.15, -0.1) is 8.78 Å². The van der Waals surface area contributed by atoms with E-state index in [1.165, 1.54) is 0 Å². The van der Waals surface area contributed by atoms with Gasteiger partial charge < -0.3 is 0 Å². The molecule has 1 fully saturated rings. The van der Waals surface area contributed by atoms with Crippen molar-refractivity contribution in [2.45, 2.75) is 18.5 Å². The lowest BCUT2D eigenvalue weighted by Crippen LogP contribution is -2.24. The number of rotatable bonds is 2. The number of halogens is 4. The van der Waals surface area contributed by atoms with Crippen molar-refractivity contribution in [3.05, 3.63) is 0 Å². The van der Waals surface area contributed by atoms with Gasteiger partial charge in [-0.3, -0.25) is 9.47 Å². The Hall–Kier alpha value is 0.740. The summed E-state index contributed by atoms with van der Waals surface area (Å²) in [6.45, 7) is 0. The lowest BCUT2D eigenvalue weighted by Gasteiger charge is -2.08. The molecule has 0 radical (unpaired) electrons. The highest BCUT2D eigenvalue weighted by atomic mass is 79.9. The normalized spacial score (nSPS) is 36.0. The van der Waals surface area contributed by atoms with Crippen molar-refractivity contribution < 1.29 is 18.3 Å². The van der Waals surface area contributed by atoms with Crippen LogP contribution < -0.4 is 0 Å². The highest BCUT2D eigenvalue weighted by Gasteiger charge is 2.48. The summed E-state index contributed by atoms with van der Waals surface area (Å²) >= 11 is 6.10. The average molecular weight is 296 g/mol. The maximum absolute atomic E-state index is 12.3. The van der Waals surface area contributed by atoms with E-state index >= 15 is 0 Å². The van der Waals surface area contributed by atoms with Gasteiger partial charge in [-0.1, -0.05) is 31.9 Å². The molecule has 0 bridgehead atoms. The number of ether oxygens (including phenoxy) is 2. The van der Waals surface area contributed by atoms with Gasteiger partial charge in [0.25, 0.3) is 0 Å². The molecule has 6 heteroatoms. The molecule has 1 aliphatic rings. The van der Waals surface area contributed by atoms with Crippen LogP contribution in [0.25, 0.3) is 0 Å². The van der Waals surface area contributed by atoms with Gasteiger partial charge in [0.05, 0.1) is 0 Å². The summed E-state index contributed by atoms with van der Waals surface area (Å²) in [4.78, 5) is 0. The van der Waals surface area contributed by atoms with Crippen molar-refractivity contribution in [1.82, 2.24) is 0 Å². The molecule has 0 N–H and O–H groups in total. The van der Waals surface area contributed by atoms with Crippen molar-refractivity contribution in [3.8, 4) is 0 Å². The molecule has 66 valence electrons. The summed E-state index contributed by atoms with van der Waals surface area (Å²) in [5.74, 6) is 0. The third-order valence-electron chi connectivity index (χ3n) is 1.30. The van der Waals surface area contributed by atoms with E-state index in [9.17, 15) is 8.78 Å². The van der Waals surface area contributed by atoms with E-state index in [4.69, 9.17) is 0 Å². The fourth-order valence-corrected chi connectivity index (χ4v) is 1.89. The Morgan fingerprint density at radius 3 is 1.73 bits per heavy atom. The van der Waals surface area contributed by atoms with Crippen LogP contribution in [-0.4, -0.2) is 29.2 Å². The second-order valence-corrected chi connectivity index (χ2v) is 3.38. The number of hydrogen-bond donors (Lipinski definition) is 0. The smallest absolute Gasteiger partial charge is 0.289 e. The SMILES string of the molecule is FC1(F)OC(CBr)C(CBr)O1. The van der Waals surface area contributed by atoms with Crippen molar-refractivity contribution in [1.29, 1.82) is 0 Å². The molecule has 11 heavy (non-hydrogen) atoms. The van der Waals surface area contributed by atoms with E-state index in [1.54, 1.807) is 0 Å². The van der Waals surface area contributed by atoms with E-state index in [2.05, 4.69) is 41.3 Å². The molecule has 1 rings (SSSR count). The van der Waals surface area contributed by atoms with Gasteiger partial charge in [0.15, 0.2) is 0 Å².